The van der Waals surface area contributed by atoms with Crippen LogP contribution >= 0.6 is 0 Å². The second-order valence-electron chi connectivity index (χ2n) is 12.8. The molecule has 0 aliphatic carbocycles. The highest BCUT2D eigenvalue weighted by atomic mass is 32.2. The maximum absolute atomic E-state index is 13.9. The Labute approximate surface area is 247 Å². The number of methoxy groups -OCH3 is 1. The van der Waals surface area contributed by atoms with Crippen molar-refractivity contribution in [1.82, 2.24) is 9.62 Å². The second kappa shape index (κ2) is 14.2. The third-order valence-electron chi connectivity index (χ3n) is 7.81. The van der Waals surface area contributed by atoms with Gasteiger partial charge in [-0.15, -0.1) is 0 Å². The van der Waals surface area contributed by atoms with Gasteiger partial charge in [0, 0.05) is 19.7 Å². The Morgan fingerprint density at radius 1 is 1.02 bits per heavy atom. The van der Waals surface area contributed by atoms with E-state index in [1.165, 1.54) is 23.5 Å². The Balaban J connectivity index is 2.35. The average molecular weight is 609 g/mol. The molecule has 0 spiro atoms. The Hall–Kier alpha value is -2.44. The highest BCUT2D eigenvalue weighted by Crippen LogP contribution is 2.37. The number of carbonyl (C=O) groups is 1. The summed E-state index contributed by atoms with van der Waals surface area (Å²) in [5.41, 5.74) is 0.314. The van der Waals surface area contributed by atoms with E-state index in [2.05, 4.69) is 39.2 Å². The fourth-order valence-corrected chi connectivity index (χ4v) is 6.84. The molecule has 0 aliphatic rings. The van der Waals surface area contributed by atoms with Crippen LogP contribution in [0, 0.1) is 5.41 Å². The molecule has 2 rings (SSSR count). The summed E-state index contributed by atoms with van der Waals surface area (Å²) in [6.45, 7) is 15.1. The molecule has 0 bridgehead atoms. The number of rotatable bonds is 15. The number of benzene rings is 2. The van der Waals surface area contributed by atoms with Crippen molar-refractivity contribution in [3.63, 3.8) is 0 Å². The van der Waals surface area contributed by atoms with Crippen LogP contribution in [0.3, 0.4) is 0 Å². The summed E-state index contributed by atoms with van der Waals surface area (Å²) < 4.78 is 40.7. The first kappa shape index (κ1) is 34.8. The molecule has 2 aromatic carbocycles. The molecule has 0 aliphatic heterocycles. The zero-order valence-corrected chi connectivity index (χ0v) is 27.5. The number of hydrogen-bond acceptors (Lipinski definition) is 6. The fourth-order valence-electron chi connectivity index (χ4n) is 4.15. The third kappa shape index (κ3) is 10.4. The smallest absolute Gasteiger partial charge is 0.404 e. The van der Waals surface area contributed by atoms with Crippen LogP contribution in [-0.2, 0) is 20.9 Å². The molecule has 230 valence electrons. The van der Waals surface area contributed by atoms with E-state index < -0.39 is 42.0 Å². The van der Waals surface area contributed by atoms with Crippen LogP contribution in [0.4, 0.5) is 4.79 Å². The van der Waals surface area contributed by atoms with Crippen molar-refractivity contribution in [1.29, 1.82) is 0 Å². The van der Waals surface area contributed by atoms with Crippen molar-refractivity contribution in [3.8, 4) is 5.75 Å². The monoisotopic (exact) mass is 608 g/mol. The van der Waals surface area contributed by atoms with Crippen LogP contribution in [-0.4, -0.2) is 76.3 Å². The molecular weight excluding hydrogens is 560 g/mol. The quantitative estimate of drug-likeness (QED) is 0.232. The number of carboxylic acid groups (broad SMARTS) is 1. The summed E-state index contributed by atoms with van der Waals surface area (Å²) in [5.74, 6) is 0.521. The number of nitrogens with zero attached hydrogens (tertiary/aromatic N) is 1. The molecule has 2 atom stereocenters. The fraction of sp³-hybridized carbons (Fsp3) is 0.567. The molecule has 0 fully saturated rings. The van der Waals surface area contributed by atoms with E-state index in [9.17, 15) is 23.4 Å². The predicted molar refractivity (Wildman–Crippen MR) is 164 cm³/mol. The van der Waals surface area contributed by atoms with Gasteiger partial charge in [0.15, 0.2) is 8.32 Å². The molecule has 0 heterocycles. The zero-order chi connectivity index (χ0) is 31.1. The van der Waals surface area contributed by atoms with Crippen LogP contribution in [0.15, 0.2) is 59.5 Å². The summed E-state index contributed by atoms with van der Waals surface area (Å²) >= 11 is 0. The van der Waals surface area contributed by atoms with Crippen molar-refractivity contribution in [2.24, 2.45) is 5.41 Å². The largest absolute Gasteiger partial charge is 0.497 e. The minimum absolute atomic E-state index is 0.0515. The first-order chi connectivity index (χ1) is 18.9. The van der Waals surface area contributed by atoms with E-state index in [1.54, 1.807) is 12.1 Å². The number of aliphatic hydroxyl groups is 1. The number of ether oxygens (including phenoxy) is 1. The standard InChI is InChI=1S/C30H48N2O7SSi/c1-29(2,3)41(7,8)39-19-18-30(4,5)22-32(40(36,37)25-16-14-24(38-6)15-17-25)21-27(33)26(31-28(34)35)20-23-12-10-9-11-13-23/h9-17,26-27,31,33H,18-22H2,1-8H3,(H,34,35)/t26-,27+/m0/s1. The second-order valence-corrected chi connectivity index (χ2v) is 19.6. The lowest BCUT2D eigenvalue weighted by Gasteiger charge is -2.38. The van der Waals surface area contributed by atoms with Crippen LogP contribution in [0.25, 0.3) is 0 Å². The molecule has 0 saturated carbocycles. The van der Waals surface area contributed by atoms with Crippen LogP contribution in [0.5, 0.6) is 5.75 Å². The van der Waals surface area contributed by atoms with Gasteiger partial charge in [0.2, 0.25) is 10.0 Å². The molecule has 1 amide bonds. The first-order valence-electron chi connectivity index (χ1n) is 13.9. The molecule has 3 N–H and O–H groups in total. The van der Waals surface area contributed by atoms with Gasteiger partial charge in [-0.05, 0) is 66.2 Å². The number of amides is 1. The average Bonchev–Trinajstić information content (AvgIpc) is 2.87. The molecular formula is C30H48N2O7SSi. The molecule has 9 nitrogen and oxygen atoms in total. The summed E-state index contributed by atoms with van der Waals surface area (Å²) in [4.78, 5) is 11.7. The van der Waals surface area contributed by atoms with E-state index in [1.807, 2.05) is 44.2 Å². The lowest BCUT2D eigenvalue weighted by Crippen LogP contribution is -2.51. The van der Waals surface area contributed by atoms with Crippen LogP contribution in [0.1, 0.15) is 46.6 Å². The summed E-state index contributed by atoms with van der Waals surface area (Å²) in [6, 6.07) is 14.3. The van der Waals surface area contributed by atoms with Gasteiger partial charge >= 0.3 is 6.09 Å². The number of aliphatic hydroxyl groups excluding tert-OH is 1. The van der Waals surface area contributed by atoms with Crippen molar-refractivity contribution in [2.75, 3.05) is 26.8 Å². The molecule has 0 aromatic heterocycles. The van der Waals surface area contributed by atoms with Crippen molar-refractivity contribution < 1.29 is 32.6 Å². The van der Waals surface area contributed by atoms with Crippen molar-refractivity contribution in [3.05, 3.63) is 60.2 Å². The first-order valence-corrected chi connectivity index (χ1v) is 18.2. The normalized spacial score (nSPS) is 14.5. The highest BCUT2D eigenvalue weighted by molar-refractivity contribution is 7.89. The molecule has 0 unspecified atom stereocenters. The predicted octanol–water partition coefficient (Wildman–Crippen LogP) is 5.36. The van der Waals surface area contributed by atoms with Gasteiger partial charge in [-0.2, -0.15) is 4.31 Å². The lowest BCUT2D eigenvalue weighted by molar-refractivity contribution is 0.0880. The maximum atomic E-state index is 13.9. The highest BCUT2D eigenvalue weighted by Gasteiger charge is 2.38. The van der Waals surface area contributed by atoms with Crippen LogP contribution < -0.4 is 10.1 Å². The lowest BCUT2D eigenvalue weighted by atomic mass is 9.89. The summed E-state index contributed by atoms with van der Waals surface area (Å²) in [5, 5.41) is 23.2. The van der Waals surface area contributed by atoms with E-state index in [0.29, 0.717) is 18.8 Å². The van der Waals surface area contributed by atoms with Gasteiger partial charge < -0.3 is 24.7 Å². The van der Waals surface area contributed by atoms with E-state index in [-0.39, 0.29) is 29.4 Å². The van der Waals surface area contributed by atoms with Gasteiger partial charge in [-0.1, -0.05) is 65.0 Å². The molecule has 2 aromatic rings. The molecule has 41 heavy (non-hydrogen) atoms. The van der Waals surface area contributed by atoms with E-state index >= 15 is 0 Å². The Bertz CT molecular complexity index is 1210. The number of sulfonamides is 1. The summed E-state index contributed by atoms with van der Waals surface area (Å²) in [6.07, 6.45) is -1.80. The SMILES string of the molecule is COc1ccc(S(=O)(=O)N(C[C@@H](O)[C@H](Cc2ccccc2)NC(=O)O)CC(C)(C)CCO[Si](C)(C)C(C)(C)C)cc1. The Morgan fingerprint density at radius 2 is 1.61 bits per heavy atom. The van der Waals surface area contributed by atoms with Gasteiger partial charge in [0.05, 0.1) is 24.2 Å². The van der Waals surface area contributed by atoms with Crippen molar-refractivity contribution in [2.45, 2.75) is 82.6 Å². The molecule has 11 heteroatoms. The van der Waals surface area contributed by atoms with Crippen LogP contribution in [0.2, 0.25) is 18.1 Å². The number of hydrogen-bond donors (Lipinski definition) is 3. The summed E-state index contributed by atoms with van der Waals surface area (Å²) in [7, 11) is -4.54. The number of nitrogens with one attached hydrogen (secondary N) is 1. The minimum Gasteiger partial charge on any atom is -0.497 e. The maximum Gasteiger partial charge on any atom is 0.404 e. The van der Waals surface area contributed by atoms with Gasteiger partial charge in [-0.3, -0.25) is 0 Å². The Morgan fingerprint density at radius 3 is 2.12 bits per heavy atom. The third-order valence-corrected chi connectivity index (χ3v) is 14.2. The molecule has 0 saturated heterocycles. The topological polar surface area (TPSA) is 125 Å². The van der Waals surface area contributed by atoms with Gasteiger partial charge in [0.1, 0.15) is 5.75 Å². The Kier molecular flexibility index (Phi) is 12.0. The van der Waals surface area contributed by atoms with Crippen molar-refractivity contribution >= 4 is 24.4 Å². The van der Waals surface area contributed by atoms with Gasteiger partial charge in [-0.25, -0.2) is 13.2 Å². The van der Waals surface area contributed by atoms with Gasteiger partial charge in [0.25, 0.3) is 0 Å². The van der Waals surface area contributed by atoms with E-state index in [0.717, 1.165) is 5.56 Å². The molecule has 0 radical (unpaired) electrons. The van der Waals surface area contributed by atoms with E-state index in [4.69, 9.17) is 9.16 Å². The zero-order valence-electron chi connectivity index (χ0n) is 25.7. The minimum atomic E-state index is -4.06.